The van der Waals surface area contributed by atoms with Crippen molar-refractivity contribution in [1.29, 1.82) is 0 Å². The predicted octanol–water partition coefficient (Wildman–Crippen LogP) is 7.35. The predicted molar refractivity (Wildman–Crippen MR) is 152 cm³/mol. The molecule has 0 spiro atoms. The van der Waals surface area contributed by atoms with Gasteiger partial charge in [0.2, 0.25) is 0 Å². The fraction of sp³-hybridized carbons (Fsp3) is 0.323. The first-order valence-corrected chi connectivity index (χ1v) is 14.3. The highest BCUT2D eigenvalue weighted by Gasteiger charge is 2.36. The summed E-state index contributed by atoms with van der Waals surface area (Å²) in [5, 5.41) is 4.42. The normalized spacial score (nSPS) is 16.2. The summed E-state index contributed by atoms with van der Waals surface area (Å²) >= 11 is 1.90. The molecular weight excluding hydrogens is 494 g/mol. The summed E-state index contributed by atoms with van der Waals surface area (Å²) in [6.45, 7) is 5.73. The number of benzene rings is 2. The van der Waals surface area contributed by atoms with E-state index in [1.165, 1.54) is 33.8 Å². The van der Waals surface area contributed by atoms with Crippen LogP contribution in [0.3, 0.4) is 0 Å². The van der Waals surface area contributed by atoms with Crippen molar-refractivity contribution in [3.63, 3.8) is 0 Å². The second kappa shape index (κ2) is 10.6. The molecule has 0 saturated heterocycles. The first kappa shape index (κ1) is 24.6. The van der Waals surface area contributed by atoms with Crippen LogP contribution in [-0.4, -0.2) is 28.7 Å². The largest absolute Gasteiger partial charge is 0.494 e. The molecule has 196 valence electrons. The number of aryl methyl sites for hydroxylation is 1. The zero-order chi connectivity index (χ0) is 26.1. The molecule has 6 rings (SSSR count). The lowest BCUT2D eigenvalue weighted by Gasteiger charge is -2.31. The van der Waals surface area contributed by atoms with Gasteiger partial charge in [-0.15, -0.1) is 11.3 Å². The number of amides is 2. The van der Waals surface area contributed by atoms with Crippen LogP contribution in [0.25, 0.3) is 5.00 Å². The van der Waals surface area contributed by atoms with Gasteiger partial charge in [-0.25, -0.2) is 4.79 Å². The molecule has 1 aliphatic carbocycles. The van der Waals surface area contributed by atoms with Crippen LogP contribution in [-0.2, 0) is 19.4 Å². The average molecular weight is 528 g/mol. The lowest BCUT2D eigenvalue weighted by atomic mass is 9.95. The van der Waals surface area contributed by atoms with Crippen molar-refractivity contribution in [2.75, 3.05) is 18.5 Å². The second-order valence-electron chi connectivity index (χ2n) is 9.72. The van der Waals surface area contributed by atoms with Crippen molar-refractivity contribution in [2.45, 2.75) is 52.1 Å². The van der Waals surface area contributed by atoms with Gasteiger partial charge in [0.15, 0.2) is 0 Å². The van der Waals surface area contributed by atoms with Crippen LogP contribution in [0.4, 0.5) is 10.5 Å². The summed E-state index contributed by atoms with van der Waals surface area (Å²) in [5.74, 6) is 1.62. The standard InChI is InChI=1S/C31H33N3O3S/c1-3-36-23-15-11-21(12-16-23)29-27-9-7-19-33(27)30-26(25-8-5-6-10-28(25)38-30)20-34(29)31(35)32-22-13-17-24(18-14-22)37-4-2/h7,9,11-19,29H,3-6,8,10,20H2,1-2H3,(H,32,35)/t29-/m0/s1. The van der Waals surface area contributed by atoms with E-state index in [4.69, 9.17) is 9.47 Å². The number of ether oxygens (including phenoxy) is 2. The van der Waals surface area contributed by atoms with Crippen molar-refractivity contribution in [3.05, 3.63) is 94.1 Å². The quantitative estimate of drug-likeness (QED) is 0.285. The van der Waals surface area contributed by atoms with E-state index in [1.54, 1.807) is 0 Å². The fourth-order valence-electron chi connectivity index (χ4n) is 5.65. The number of fused-ring (bicyclic) bond motifs is 5. The number of hydrogen-bond donors (Lipinski definition) is 1. The van der Waals surface area contributed by atoms with Gasteiger partial charge >= 0.3 is 6.03 Å². The van der Waals surface area contributed by atoms with Gasteiger partial charge in [0, 0.05) is 22.3 Å². The minimum atomic E-state index is -0.248. The zero-order valence-electron chi connectivity index (χ0n) is 21.9. The van der Waals surface area contributed by atoms with Crippen LogP contribution < -0.4 is 14.8 Å². The minimum Gasteiger partial charge on any atom is -0.494 e. The second-order valence-corrected chi connectivity index (χ2v) is 10.8. The Morgan fingerprint density at radius 1 is 0.921 bits per heavy atom. The molecule has 2 aromatic heterocycles. The van der Waals surface area contributed by atoms with Crippen molar-refractivity contribution < 1.29 is 14.3 Å². The number of carbonyl (C=O) groups is 1. The molecule has 38 heavy (non-hydrogen) atoms. The van der Waals surface area contributed by atoms with E-state index in [2.05, 4.69) is 40.3 Å². The number of nitrogens with zero attached hydrogens (tertiary/aromatic N) is 2. The molecular formula is C31H33N3O3S. The molecule has 1 aliphatic heterocycles. The third kappa shape index (κ3) is 4.56. The van der Waals surface area contributed by atoms with E-state index < -0.39 is 0 Å². The molecule has 1 atom stereocenters. The van der Waals surface area contributed by atoms with E-state index in [0.29, 0.717) is 19.8 Å². The Bertz CT molecular complexity index is 1420. The van der Waals surface area contributed by atoms with Crippen LogP contribution in [0.2, 0.25) is 0 Å². The van der Waals surface area contributed by atoms with Crippen LogP contribution in [0, 0.1) is 0 Å². The van der Waals surface area contributed by atoms with Gasteiger partial charge in [0.25, 0.3) is 0 Å². The number of carbonyl (C=O) groups excluding carboxylic acids is 1. The third-order valence-electron chi connectivity index (χ3n) is 7.36. The number of urea groups is 1. The van der Waals surface area contributed by atoms with E-state index >= 15 is 0 Å². The van der Waals surface area contributed by atoms with Gasteiger partial charge in [-0.3, -0.25) is 0 Å². The number of aromatic nitrogens is 1. The number of rotatable bonds is 6. The van der Waals surface area contributed by atoms with Gasteiger partial charge in [-0.2, -0.15) is 0 Å². The Morgan fingerprint density at radius 3 is 2.32 bits per heavy atom. The summed E-state index contributed by atoms with van der Waals surface area (Å²) in [6.07, 6.45) is 6.80. The number of thiophene rings is 1. The summed E-state index contributed by atoms with van der Waals surface area (Å²) in [7, 11) is 0. The molecule has 3 heterocycles. The van der Waals surface area contributed by atoms with Crippen LogP contribution in [0.15, 0.2) is 66.9 Å². The maximum atomic E-state index is 14.1. The Morgan fingerprint density at radius 2 is 1.61 bits per heavy atom. The maximum Gasteiger partial charge on any atom is 0.322 e. The smallest absolute Gasteiger partial charge is 0.322 e. The highest BCUT2D eigenvalue weighted by Crippen LogP contribution is 2.44. The van der Waals surface area contributed by atoms with Crippen molar-refractivity contribution in [3.8, 4) is 16.5 Å². The van der Waals surface area contributed by atoms with Gasteiger partial charge in [0.05, 0.1) is 31.5 Å². The minimum absolute atomic E-state index is 0.121. The molecule has 2 aliphatic rings. The summed E-state index contributed by atoms with van der Waals surface area (Å²) in [5.41, 5.74) is 5.63. The van der Waals surface area contributed by atoms with E-state index in [0.717, 1.165) is 41.3 Å². The summed E-state index contributed by atoms with van der Waals surface area (Å²) in [6, 6.07) is 19.6. The van der Waals surface area contributed by atoms with Gasteiger partial charge in [-0.05, 0) is 99.2 Å². The van der Waals surface area contributed by atoms with Gasteiger partial charge < -0.3 is 24.3 Å². The van der Waals surface area contributed by atoms with Crippen molar-refractivity contribution in [1.82, 2.24) is 9.47 Å². The molecule has 2 aromatic carbocycles. The SMILES string of the molecule is CCOc1ccc(NC(=O)N2Cc3c(sc4c3CCCC4)-n3cccc3[C@@H]2c2ccc(OCC)cc2)cc1. The molecule has 7 heteroatoms. The third-order valence-corrected chi connectivity index (χ3v) is 8.70. The Labute approximate surface area is 227 Å². The van der Waals surface area contributed by atoms with Gasteiger partial charge in [-0.1, -0.05) is 12.1 Å². The monoisotopic (exact) mass is 527 g/mol. The highest BCUT2D eigenvalue weighted by molar-refractivity contribution is 7.15. The molecule has 0 bridgehead atoms. The number of nitrogens with one attached hydrogen (secondary N) is 1. The topological polar surface area (TPSA) is 55.7 Å². The molecule has 2 amide bonds. The number of hydrogen-bond acceptors (Lipinski definition) is 4. The maximum absolute atomic E-state index is 14.1. The lowest BCUT2D eigenvalue weighted by molar-refractivity contribution is 0.194. The molecule has 6 nitrogen and oxygen atoms in total. The highest BCUT2D eigenvalue weighted by atomic mass is 32.1. The first-order valence-electron chi connectivity index (χ1n) is 13.5. The Kier molecular flexibility index (Phi) is 6.85. The van der Waals surface area contributed by atoms with E-state index in [-0.39, 0.29) is 12.1 Å². The fourth-order valence-corrected chi connectivity index (χ4v) is 7.05. The van der Waals surface area contributed by atoms with Crippen LogP contribution >= 0.6 is 11.3 Å². The first-order chi connectivity index (χ1) is 18.7. The van der Waals surface area contributed by atoms with Gasteiger partial charge in [0.1, 0.15) is 16.5 Å². The zero-order valence-corrected chi connectivity index (χ0v) is 22.7. The van der Waals surface area contributed by atoms with Crippen molar-refractivity contribution >= 4 is 23.1 Å². The molecule has 1 N–H and O–H groups in total. The average Bonchev–Trinajstić information content (AvgIpc) is 3.53. The summed E-state index contributed by atoms with van der Waals surface area (Å²) in [4.78, 5) is 17.5. The van der Waals surface area contributed by atoms with Crippen LogP contribution in [0.1, 0.15) is 60.0 Å². The molecule has 0 saturated carbocycles. The molecule has 4 aromatic rings. The summed E-state index contributed by atoms with van der Waals surface area (Å²) < 4.78 is 13.6. The van der Waals surface area contributed by atoms with E-state index in [1.807, 2.05) is 66.5 Å². The van der Waals surface area contributed by atoms with E-state index in [9.17, 15) is 4.79 Å². The van der Waals surface area contributed by atoms with Crippen LogP contribution in [0.5, 0.6) is 11.5 Å². The lowest BCUT2D eigenvalue weighted by Crippen LogP contribution is -2.38. The Balaban J connectivity index is 1.42. The molecule has 0 unspecified atom stereocenters. The number of anilines is 1. The van der Waals surface area contributed by atoms with Crippen molar-refractivity contribution in [2.24, 2.45) is 0 Å². The Hall–Kier alpha value is -3.71. The molecule has 0 fully saturated rings. The molecule has 0 radical (unpaired) electrons.